The zero-order valence-electron chi connectivity index (χ0n) is 13.8. The van der Waals surface area contributed by atoms with Gasteiger partial charge in [-0.15, -0.1) is 0 Å². The first-order valence-corrected chi connectivity index (χ1v) is 7.87. The molecule has 0 bridgehead atoms. The zero-order chi connectivity index (χ0) is 17.4. The van der Waals surface area contributed by atoms with Gasteiger partial charge in [0.05, 0.1) is 11.4 Å². The van der Waals surface area contributed by atoms with Crippen LogP contribution in [-0.4, -0.2) is 24.7 Å². The van der Waals surface area contributed by atoms with E-state index in [1.807, 2.05) is 31.3 Å². The molecule has 5 heteroatoms. The average molecular weight is 325 g/mol. The molecule has 0 fully saturated rings. The third-order valence-corrected chi connectivity index (χ3v) is 3.80. The Kier molecular flexibility index (Phi) is 6.40. The quantitative estimate of drug-likeness (QED) is 0.316. The molecule has 0 spiro atoms. The Bertz CT molecular complexity index is 699. The fourth-order valence-corrected chi connectivity index (χ4v) is 2.52. The number of hydrogen-bond donors (Lipinski definition) is 3. The van der Waals surface area contributed by atoms with Crippen molar-refractivity contribution in [3.8, 4) is 0 Å². The number of amides is 1. The van der Waals surface area contributed by atoms with Gasteiger partial charge in [-0.25, -0.2) is 5.48 Å². The Labute approximate surface area is 142 Å². The Balaban J connectivity index is 1.93. The number of aryl methyl sites for hydroxylation is 1. The number of rotatable bonds is 7. The molecule has 0 heterocycles. The Morgan fingerprint density at radius 1 is 1.25 bits per heavy atom. The minimum Gasteiger partial charge on any atom is -0.397 e. The lowest BCUT2D eigenvalue weighted by molar-refractivity contribution is -0.124. The van der Waals surface area contributed by atoms with Crippen LogP contribution < -0.4 is 16.1 Å². The predicted octanol–water partition coefficient (Wildman–Crippen LogP) is 2.86. The molecule has 2 aromatic carbocycles. The lowest BCUT2D eigenvalue weighted by atomic mass is 10.1. The van der Waals surface area contributed by atoms with E-state index in [1.54, 1.807) is 11.6 Å². The van der Waals surface area contributed by atoms with E-state index in [2.05, 4.69) is 29.2 Å². The minimum absolute atomic E-state index is 0.573. The van der Waals surface area contributed by atoms with Crippen molar-refractivity contribution in [3.05, 3.63) is 65.7 Å². The van der Waals surface area contributed by atoms with Crippen molar-refractivity contribution in [2.75, 3.05) is 24.2 Å². The van der Waals surface area contributed by atoms with Crippen molar-refractivity contribution in [1.82, 2.24) is 5.48 Å². The highest BCUT2D eigenvalue weighted by Gasteiger charge is 2.06. The van der Waals surface area contributed by atoms with Crippen molar-refractivity contribution >= 4 is 23.4 Å². The summed E-state index contributed by atoms with van der Waals surface area (Å²) in [5.41, 5.74) is 11.4. The SMILES string of the molecule is CN(CCCc1ccccc1)c1ccc(/C=C/C(=O)NO)cc1N. The maximum Gasteiger partial charge on any atom is 0.267 e. The first-order chi connectivity index (χ1) is 11.6. The van der Waals surface area contributed by atoms with E-state index >= 15 is 0 Å². The summed E-state index contributed by atoms with van der Waals surface area (Å²) in [5, 5.41) is 8.47. The summed E-state index contributed by atoms with van der Waals surface area (Å²) in [7, 11) is 2.02. The lowest BCUT2D eigenvalue weighted by Crippen LogP contribution is -2.20. The monoisotopic (exact) mass is 325 g/mol. The topological polar surface area (TPSA) is 78.6 Å². The normalized spacial score (nSPS) is 10.8. The Morgan fingerprint density at radius 2 is 2.00 bits per heavy atom. The molecule has 4 N–H and O–H groups in total. The van der Waals surface area contributed by atoms with Crippen LogP contribution in [0, 0.1) is 0 Å². The van der Waals surface area contributed by atoms with Gasteiger partial charge in [0.15, 0.2) is 0 Å². The Hall–Kier alpha value is -2.79. The molecule has 0 aliphatic rings. The van der Waals surface area contributed by atoms with Gasteiger partial charge >= 0.3 is 0 Å². The summed E-state index contributed by atoms with van der Waals surface area (Å²) in [4.78, 5) is 13.1. The van der Waals surface area contributed by atoms with Crippen molar-refractivity contribution in [2.24, 2.45) is 0 Å². The van der Waals surface area contributed by atoms with E-state index in [1.165, 1.54) is 11.6 Å². The van der Waals surface area contributed by atoms with Gasteiger partial charge in [0, 0.05) is 19.7 Å². The fourth-order valence-electron chi connectivity index (χ4n) is 2.52. The molecule has 0 unspecified atom stereocenters. The van der Waals surface area contributed by atoms with Crippen LogP contribution in [0.25, 0.3) is 6.08 Å². The summed E-state index contributed by atoms with van der Waals surface area (Å²) in [6.45, 7) is 0.904. The highest BCUT2D eigenvalue weighted by Crippen LogP contribution is 2.24. The number of carbonyl (C=O) groups excluding carboxylic acids is 1. The first-order valence-electron chi connectivity index (χ1n) is 7.87. The third kappa shape index (κ3) is 5.14. The summed E-state index contributed by atoms with van der Waals surface area (Å²) in [6, 6.07) is 16.0. The molecule has 0 aromatic heterocycles. The maximum atomic E-state index is 11.0. The second kappa shape index (κ2) is 8.74. The van der Waals surface area contributed by atoms with Crippen LogP contribution >= 0.6 is 0 Å². The number of hydroxylamine groups is 1. The van der Waals surface area contributed by atoms with Crippen molar-refractivity contribution in [2.45, 2.75) is 12.8 Å². The molecule has 0 saturated heterocycles. The lowest BCUT2D eigenvalue weighted by Gasteiger charge is -2.21. The van der Waals surface area contributed by atoms with E-state index in [9.17, 15) is 4.79 Å². The number of carbonyl (C=O) groups is 1. The number of nitrogens with one attached hydrogen (secondary N) is 1. The van der Waals surface area contributed by atoms with Gasteiger partial charge in [-0.2, -0.15) is 0 Å². The summed E-state index contributed by atoms with van der Waals surface area (Å²) in [6.07, 6.45) is 4.92. The highest BCUT2D eigenvalue weighted by atomic mass is 16.5. The molecule has 0 atom stereocenters. The highest BCUT2D eigenvalue weighted by molar-refractivity contribution is 5.91. The molecule has 0 aliphatic carbocycles. The van der Waals surface area contributed by atoms with Crippen molar-refractivity contribution in [1.29, 1.82) is 0 Å². The van der Waals surface area contributed by atoms with E-state index < -0.39 is 5.91 Å². The Morgan fingerprint density at radius 3 is 2.67 bits per heavy atom. The molecule has 2 aromatic rings. The van der Waals surface area contributed by atoms with Gasteiger partial charge in [0.25, 0.3) is 5.91 Å². The predicted molar refractivity (Wildman–Crippen MR) is 97.9 cm³/mol. The summed E-state index contributed by atoms with van der Waals surface area (Å²) in [5.74, 6) is -0.573. The van der Waals surface area contributed by atoms with E-state index in [0.717, 1.165) is 30.6 Å². The first kappa shape index (κ1) is 17.6. The molecule has 5 nitrogen and oxygen atoms in total. The zero-order valence-corrected chi connectivity index (χ0v) is 13.8. The van der Waals surface area contributed by atoms with Crippen LogP contribution in [0.3, 0.4) is 0 Å². The molecule has 126 valence electrons. The van der Waals surface area contributed by atoms with E-state index in [-0.39, 0.29) is 0 Å². The van der Waals surface area contributed by atoms with Gasteiger partial charge in [0.1, 0.15) is 0 Å². The van der Waals surface area contributed by atoms with Crippen LogP contribution in [0.5, 0.6) is 0 Å². The standard InChI is InChI=1S/C19H23N3O2/c1-22(13-5-8-15-6-3-2-4-7-15)18-11-9-16(14-17(18)20)10-12-19(23)21-24/h2-4,6-7,9-12,14,24H,5,8,13,20H2,1H3,(H,21,23)/b12-10+. The number of hydrogen-bond acceptors (Lipinski definition) is 4. The number of benzene rings is 2. The molecular weight excluding hydrogens is 302 g/mol. The largest absolute Gasteiger partial charge is 0.397 e. The minimum atomic E-state index is -0.573. The molecule has 0 aliphatic heterocycles. The number of anilines is 2. The van der Waals surface area contributed by atoms with Gasteiger partial charge in [0.2, 0.25) is 0 Å². The van der Waals surface area contributed by atoms with E-state index in [0.29, 0.717) is 5.69 Å². The van der Waals surface area contributed by atoms with Crippen LogP contribution in [0.15, 0.2) is 54.6 Å². The second-order valence-electron chi connectivity index (χ2n) is 5.64. The van der Waals surface area contributed by atoms with Gasteiger partial charge in [-0.3, -0.25) is 10.0 Å². The summed E-state index contributed by atoms with van der Waals surface area (Å²) >= 11 is 0. The van der Waals surface area contributed by atoms with Crippen LogP contribution in [0.1, 0.15) is 17.5 Å². The second-order valence-corrected chi connectivity index (χ2v) is 5.64. The maximum absolute atomic E-state index is 11.0. The molecule has 1 amide bonds. The van der Waals surface area contributed by atoms with Crippen molar-refractivity contribution < 1.29 is 10.0 Å². The molecule has 24 heavy (non-hydrogen) atoms. The van der Waals surface area contributed by atoms with Crippen LogP contribution in [-0.2, 0) is 11.2 Å². The molecule has 0 saturated carbocycles. The van der Waals surface area contributed by atoms with Gasteiger partial charge in [-0.1, -0.05) is 36.4 Å². The molecule has 0 radical (unpaired) electrons. The smallest absolute Gasteiger partial charge is 0.267 e. The van der Waals surface area contributed by atoms with Gasteiger partial charge < -0.3 is 10.6 Å². The number of nitrogens with two attached hydrogens (primary N) is 1. The van der Waals surface area contributed by atoms with E-state index in [4.69, 9.17) is 10.9 Å². The average Bonchev–Trinajstić information content (AvgIpc) is 2.60. The summed E-state index contributed by atoms with van der Waals surface area (Å²) < 4.78 is 0. The fraction of sp³-hybridized carbons (Fsp3) is 0.211. The van der Waals surface area contributed by atoms with Crippen LogP contribution in [0.2, 0.25) is 0 Å². The number of nitrogen functional groups attached to an aromatic ring is 1. The number of nitrogens with zero attached hydrogens (tertiary/aromatic N) is 1. The molecule has 2 rings (SSSR count). The third-order valence-electron chi connectivity index (χ3n) is 3.80. The van der Waals surface area contributed by atoms with Crippen LogP contribution in [0.4, 0.5) is 11.4 Å². The molecular formula is C19H23N3O2. The van der Waals surface area contributed by atoms with Gasteiger partial charge in [-0.05, 0) is 42.2 Å². The van der Waals surface area contributed by atoms with Crippen molar-refractivity contribution in [3.63, 3.8) is 0 Å².